The van der Waals surface area contributed by atoms with Crippen molar-refractivity contribution in [2.75, 3.05) is 33.2 Å². The quantitative estimate of drug-likeness (QED) is 0.0925. The number of aromatic nitrogens is 1. The number of amides is 1. The van der Waals surface area contributed by atoms with E-state index in [1.54, 1.807) is 13.1 Å². The van der Waals surface area contributed by atoms with E-state index in [-0.39, 0.29) is 24.3 Å². The highest BCUT2D eigenvalue weighted by Crippen LogP contribution is 2.25. The standard InChI is InChI=1S/C16H19N.C8H14.C5H12N2O.C5H10N2O.C4H11N.2C2H6/c1-4-9-15-13(6-3)12(5-2)14-10-7-8-11-16(14)17-15;1-3-5-7-8-6-4-2;1-4(8)5(3-6)7-2;1-2-3-7-5(8)4-6;1-2-3-4-5;2*1-2/h5,7-8,10-11H,2,4,6,9H2,1,3H3;5-8H,3-4H2,1-2H3;5,7H,3,6H2,1-2H3;2H,1,3-4,6H2,(H,7,8);2-5H2,1H3;2*1-2H3/b;7-5-,8-6-;;;;;. The van der Waals surface area contributed by atoms with Crippen molar-refractivity contribution < 1.29 is 9.59 Å². The predicted octanol–water partition coefficient (Wildman–Crippen LogP) is 8.48. The third kappa shape index (κ3) is 31.8. The molecule has 1 heterocycles. The van der Waals surface area contributed by atoms with Crippen molar-refractivity contribution >= 4 is 28.7 Å². The van der Waals surface area contributed by atoms with E-state index in [1.165, 1.54) is 42.0 Å². The molecule has 0 saturated carbocycles. The Bertz CT molecular complexity index is 1110. The predicted molar refractivity (Wildman–Crippen MR) is 226 cm³/mol. The average Bonchev–Trinajstić information content (AvgIpc) is 3.15. The summed E-state index contributed by atoms with van der Waals surface area (Å²) in [6.07, 6.45) is 19.9. The Balaban J connectivity index is -0.000000176. The fourth-order valence-electron chi connectivity index (χ4n) is 3.78. The lowest BCUT2D eigenvalue weighted by Gasteiger charge is -2.13. The normalized spacial score (nSPS) is 10.0. The summed E-state index contributed by atoms with van der Waals surface area (Å²) >= 11 is 0. The van der Waals surface area contributed by atoms with Gasteiger partial charge in [0.1, 0.15) is 5.78 Å². The third-order valence-corrected chi connectivity index (χ3v) is 6.28. The third-order valence-electron chi connectivity index (χ3n) is 6.28. The lowest BCUT2D eigenvalue weighted by molar-refractivity contribution is -0.120. The monoisotopic (exact) mass is 699 g/mol. The van der Waals surface area contributed by atoms with Crippen LogP contribution in [0.5, 0.6) is 0 Å². The van der Waals surface area contributed by atoms with Crippen molar-refractivity contribution in [3.05, 3.63) is 84.6 Å². The number of hydrogen-bond acceptors (Lipinski definition) is 7. The van der Waals surface area contributed by atoms with Crippen LogP contribution >= 0.6 is 0 Å². The average molecular weight is 699 g/mol. The zero-order chi connectivity index (χ0) is 39.6. The molecule has 8 heteroatoms. The second-order valence-corrected chi connectivity index (χ2v) is 10.1. The number of rotatable bonds is 15. The molecular weight excluding hydrogens is 621 g/mol. The summed E-state index contributed by atoms with van der Waals surface area (Å²) in [5.74, 6) is -0.0556. The number of nitrogens with zero attached hydrogens (tertiary/aromatic N) is 1. The van der Waals surface area contributed by atoms with Crippen LogP contribution in [0.3, 0.4) is 0 Å². The van der Waals surface area contributed by atoms with Crippen LogP contribution in [0.25, 0.3) is 17.0 Å². The van der Waals surface area contributed by atoms with E-state index in [9.17, 15) is 9.59 Å². The molecule has 1 aromatic heterocycles. The summed E-state index contributed by atoms with van der Waals surface area (Å²) < 4.78 is 0. The number of ketones is 1. The molecule has 1 atom stereocenters. The highest BCUT2D eigenvalue weighted by molar-refractivity contribution is 5.89. The SMILES string of the molecule is C=CCNC(=O)CN.C=Cc1c(CC)c(CCC)nc2ccccc12.CC.CC.CC/C=C\C=C/CC.CCCCN.CNC(CN)C(C)=O. The van der Waals surface area contributed by atoms with Crippen LogP contribution in [0.2, 0.25) is 0 Å². The fraction of sp³-hybridized carbons (Fsp3) is 0.548. The Morgan fingerprint density at radius 3 is 1.78 bits per heavy atom. The molecule has 288 valence electrons. The molecule has 8 N–H and O–H groups in total. The fourth-order valence-corrected chi connectivity index (χ4v) is 3.78. The molecule has 2 rings (SSSR count). The topological polar surface area (TPSA) is 149 Å². The smallest absolute Gasteiger partial charge is 0.233 e. The highest BCUT2D eigenvalue weighted by Gasteiger charge is 2.10. The number of allylic oxidation sites excluding steroid dienone is 4. The maximum atomic E-state index is 10.5. The molecule has 1 unspecified atom stereocenters. The molecule has 1 amide bonds. The zero-order valence-corrected chi connectivity index (χ0v) is 34.0. The van der Waals surface area contributed by atoms with Gasteiger partial charge >= 0.3 is 0 Å². The van der Waals surface area contributed by atoms with Crippen LogP contribution in [0.4, 0.5) is 0 Å². The van der Waals surface area contributed by atoms with E-state index in [0.29, 0.717) is 13.1 Å². The van der Waals surface area contributed by atoms with Crippen molar-refractivity contribution in [3.8, 4) is 0 Å². The maximum Gasteiger partial charge on any atom is 0.233 e. The molecule has 50 heavy (non-hydrogen) atoms. The van der Waals surface area contributed by atoms with Crippen LogP contribution in [-0.4, -0.2) is 55.9 Å². The number of nitrogens with one attached hydrogen (secondary N) is 2. The molecule has 0 aliphatic carbocycles. The number of likely N-dealkylation sites (N-methyl/N-ethyl adjacent to an activating group) is 1. The van der Waals surface area contributed by atoms with Gasteiger partial charge in [0.15, 0.2) is 0 Å². The van der Waals surface area contributed by atoms with Gasteiger partial charge < -0.3 is 27.8 Å². The maximum absolute atomic E-state index is 10.5. The minimum atomic E-state index is -0.157. The minimum absolute atomic E-state index is 0.0494. The number of unbranched alkanes of at least 4 members (excludes halogenated alkanes) is 1. The van der Waals surface area contributed by atoms with E-state index < -0.39 is 0 Å². The van der Waals surface area contributed by atoms with Crippen LogP contribution in [0, 0.1) is 0 Å². The number of aryl methyl sites for hydroxylation is 1. The van der Waals surface area contributed by atoms with Gasteiger partial charge in [-0.15, -0.1) is 6.58 Å². The molecule has 8 nitrogen and oxygen atoms in total. The summed E-state index contributed by atoms with van der Waals surface area (Å²) in [5.41, 5.74) is 20.3. The second-order valence-electron chi connectivity index (χ2n) is 10.1. The van der Waals surface area contributed by atoms with Crippen molar-refractivity contribution in [3.63, 3.8) is 0 Å². The van der Waals surface area contributed by atoms with Gasteiger partial charge in [-0.05, 0) is 69.8 Å². The van der Waals surface area contributed by atoms with Gasteiger partial charge in [-0.1, -0.05) is 136 Å². The van der Waals surface area contributed by atoms with Crippen molar-refractivity contribution in [2.24, 2.45) is 17.2 Å². The molecule has 1 aromatic carbocycles. The van der Waals surface area contributed by atoms with Crippen molar-refractivity contribution in [1.82, 2.24) is 15.6 Å². The number of para-hydroxylation sites is 1. The van der Waals surface area contributed by atoms with Crippen LogP contribution in [0.15, 0.2) is 67.8 Å². The molecule has 0 radical (unpaired) electrons. The molecule has 0 spiro atoms. The molecule has 0 aliphatic heterocycles. The Labute approximate surface area is 308 Å². The van der Waals surface area contributed by atoms with E-state index in [1.807, 2.05) is 39.8 Å². The molecule has 0 fully saturated rings. The largest absolute Gasteiger partial charge is 0.352 e. The van der Waals surface area contributed by atoms with E-state index in [4.69, 9.17) is 22.2 Å². The first-order valence-electron chi connectivity index (χ1n) is 18.7. The van der Waals surface area contributed by atoms with Crippen LogP contribution in [0.1, 0.15) is 118 Å². The van der Waals surface area contributed by atoms with E-state index >= 15 is 0 Å². The highest BCUT2D eigenvalue weighted by atomic mass is 16.1. The lowest BCUT2D eigenvalue weighted by atomic mass is 9.97. The van der Waals surface area contributed by atoms with Gasteiger partial charge in [0, 0.05) is 24.2 Å². The number of fused-ring (bicyclic) bond motifs is 1. The number of carbonyl (C=O) groups is 2. The molecule has 2 aromatic rings. The van der Waals surface area contributed by atoms with Gasteiger partial charge in [-0.3, -0.25) is 14.6 Å². The van der Waals surface area contributed by atoms with Gasteiger partial charge in [0.25, 0.3) is 0 Å². The first-order chi connectivity index (χ1) is 24.2. The summed E-state index contributed by atoms with van der Waals surface area (Å²) in [4.78, 5) is 25.5. The Morgan fingerprint density at radius 1 is 0.900 bits per heavy atom. The van der Waals surface area contributed by atoms with Crippen molar-refractivity contribution in [2.45, 2.75) is 120 Å². The lowest BCUT2D eigenvalue weighted by Crippen LogP contribution is -2.39. The van der Waals surface area contributed by atoms with Gasteiger partial charge in [0.05, 0.1) is 18.1 Å². The van der Waals surface area contributed by atoms with Crippen LogP contribution < -0.4 is 27.8 Å². The van der Waals surface area contributed by atoms with Gasteiger partial charge in [-0.25, -0.2) is 0 Å². The zero-order valence-electron chi connectivity index (χ0n) is 34.0. The summed E-state index contributed by atoms with van der Waals surface area (Å²) in [5, 5.41) is 6.50. The molecule has 0 bridgehead atoms. The summed E-state index contributed by atoms with van der Waals surface area (Å²) in [7, 11) is 1.72. The Kier molecular flexibility index (Phi) is 51.0. The Hall–Kier alpha value is -3.43. The number of pyridine rings is 1. The number of Topliss-reactive ketones (excluding diaryl/α,β-unsaturated/α-hetero) is 1. The number of nitrogens with two attached hydrogens (primary N) is 3. The molecule has 0 saturated heterocycles. The first kappa shape index (κ1) is 56.0. The molecular formula is C42H78N6O2. The number of carbonyl (C=O) groups excluding carboxylic acids is 2. The van der Waals surface area contributed by atoms with Crippen LogP contribution in [-0.2, 0) is 22.4 Å². The number of hydrogen-bond donors (Lipinski definition) is 5. The van der Waals surface area contributed by atoms with Crippen molar-refractivity contribution in [1.29, 1.82) is 0 Å². The summed E-state index contributed by atoms with van der Waals surface area (Å²) in [6, 6.07) is 8.17. The second kappa shape index (κ2) is 45.6. The first-order valence-corrected chi connectivity index (χ1v) is 18.7. The minimum Gasteiger partial charge on any atom is -0.352 e. The molecule has 0 aliphatic rings. The summed E-state index contributed by atoms with van der Waals surface area (Å²) in [6.45, 7) is 29.5. The number of benzene rings is 1. The van der Waals surface area contributed by atoms with Gasteiger partial charge in [0.2, 0.25) is 5.91 Å². The van der Waals surface area contributed by atoms with E-state index in [0.717, 1.165) is 44.2 Å². The Morgan fingerprint density at radius 2 is 1.46 bits per heavy atom. The van der Waals surface area contributed by atoms with Gasteiger partial charge in [-0.2, -0.15) is 0 Å². The van der Waals surface area contributed by atoms with E-state index in [2.05, 4.69) is 101 Å².